The number of piperazine rings is 1. The summed E-state index contributed by atoms with van der Waals surface area (Å²) >= 11 is 3.26. The number of hydrogen-bond acceptors (Lipinski definition) is 4. The van der Waals surface area contributed by atoms with E-state index in [0.717, 1.165) is 32.7 Å². The van der Waals surface area contributed by atoms with E-state index >= 15 is 0 Å². The van der Waals surface area contributed by atoms with Crippen LogP contribution < -0.4 is 10.0 Å². The average molecular weight is 348 g/mol. The van der Waals surface area contributed by atoms with E-state index in [1.807, 2.05) is 0 Å². The molecule has 1 aliphatic heterocycles. The molecule has 0 aliphatic carbocycles. The zero-order valence-electron chi connectivity index (χ0n) is 10.6. The van der Waals surface area contributed by atoms with Gasteiger partial charge in [0.05, 0.1) is 4.90 Å². The monoisotopic (exact) mass is 347 g/mol. The van der Waals surface area contributed by atoms with Crippen molar-refractivity contribution in [3.63, 3.8) is 0 Å². The van der Waals surface area contributed by atoms with E-state index in [0.29, 0.717) is 11.0 Å². The predicted molar refractivity (Wildman–Crippen MR) is 78.6 cm³/mol. The lowest BCUT2D eigenvalue weighted by atomic mass is 10.3. The van der Waals surface area contributed by atoms with E-state index in [-0.39, 0.29) is 4.90 Å². The van der Waals surface area contributed by atoms with Gasteiger partial charge in [-0.15, -0.1) is 0 Å². The normalized spacial score (nSPS) is 17.5. The van der Waals surface area contributed by atoms with Gasteiger partial charge in [0.25, 0.3) is 0 Å². The summed E-state index contributed by atoms with van der Waals surface area (Å²) in [5.74, 6) is 0. The fraction of sp³-hybridized carbons (Fsp3) is 0.500. The van der Waals surface area contributed by atoms with Gasteiger partial charge in [0, 0.05) is 43.7 Å². The van der Waals surface area contributed by atoms with Crippen molar-refractivity contribution in [2.45, 2.75) is 4.90 Å². The second kappa shape index (κ2) is 6.81. The molecule has 0 atom stereocenters. The molecular weight excluding hydrogens is 330 g/mol. The van der Waals surface area contributed by atoms with Crippen LogP contribution in [0.3, 0.4) is 0 Å². The highest BCUT2D eigenvalue weighted by molar-refractivity contribution is 9.10. The molecule has 2 N–H and O–H groups in total. The second-order valence-corrected chi connectivity index (χ2v) is 7.01. The maximum atomic E-state index is 12.1. The SMILES string of the molecule is O=S(=O)(NCCN1CCNCC1)c1ccccc1Br. The molecule has 0 spiro atoms. The molecule has 0 radical (unpaired) electrons. The summed E-state index contributed by atoms with van der Waals surface area (Å²) in [7, 11) is -3.43. The topological polar surface area (TPSA) is 61.4 Å². The van der Waals surface area contributed by atoms with E-state index in [9.17, 15) is 8.42 Å². The Morgan fingerprint density at radius 1 is 1.26 bits per heavy atom. The number of sulfonamides is 1. The zero-order chi connectivity index (χ0) is 13.7. The molecular formula is C12H18BrN3O2S. The van der Waals surface area contributed by atoms with Gasteiger partial charge in [0.2, 0.25) is 10.0 Å². The van der Waals surface area contributed by atoms with Gasteiger partial charge in [-0.2, -0.15) is 0 Å². The molecule has 1 heterocycles. The van der Waals surface area contributed by atoms with E-state index in [2.05, 4.69) is 30.9 Å². The van der Waals surface area contributed by atoms with E-state index in [1.54, 1.807) is 24.3 Å². The molecule has 5 nitrogen and oxygen atoms in total. The Labute approximate surface area is 122 Å². The van der Waals surface area contributed by atoms with Crippen LogP contribution in [0.2, 0.25) is 0 Å². The molecule has 0 saturated carbocycles. The van der Waals surface area contributed by atoms with Gasteiger partial charge in [-0.3, -0.25) is 4.90 Å². The lowest BCUT2D eigenvalue weighted by molar-refractivity contribution is 0.245. The molecule has 1 aromatic rings. The number of halogens is 1. The Balaban J connectivity index is 1.89. The Morgan fingerprint density at radius 3 is 2.63 bits per heavy atom. The molecule has 0 aromatic heterocycles. The van der Waals surface area contributed by atoms with E-state index in [4.69, 9.17) is 0 Å². The summed E-state index contributed by atoms with van der Waals surface area (Å²) in [6.45, 7) is 5.05. The van der Waals surface area contributed by atoms with Gasteiger partial charge in [-0.05, 0) is 28.1 Å². The number of benzene rings is 1. The first-order chi connectivity index (χ1) is 9.09. The fourth-order valence-corrected chi connectivity index (χ4v) is 4.04. The fourth-order valence-electron chi connectivity index (χ4n) is 2.01. The van der Waals surface area contributed by atoms with Crippen LogP contribution in [0.25, 0.3) is 0 Å². The summed E-state index contributed by atoms with van der Waals surface area (Å²) in [6, 6.07) is 6.83. The van der Waals surface area contributed by atoms with Crippen molar-refractivity contribution in [3.05, 3.63) is 28.7 Å². The van der Waals surface area contributed by atoms with Crippen LogP contribution >= 0.6 is 15.9 Å². The summed E-state index contributed by atoms with van der Waals surface area (Å²) in [5, 5.41) is 3.27. The van der Waals surface area contributed by atoms with E-state index in [1.165, 1.54) is 0 Å². The first-order valence-electron chi connectivity index (χ1n) is 6.27. The van der Waals surface area contributed by atoms with Gasteiger partial charge < -0.3 is 5.32 Å². The van der Waals surface area contributed by atoms with Crippen molar-refractivity contribution in [3.8, 4) is 0 Å². The first-order valence-corrected chi connectivity index (χ1v) is 8.54. The van der Waals surface area contributed by atoms with Crippen molar-refractivity contribution in [2.75, 3.05) is 39.3 Å². The van der Waals surface area contributed by atoms with Crippen LogP contribution in [0.15, 0.2) is 33.6 Å². The van der Waals surface area contributed by atoms with Gasteiger partial charge in [0.15, 0.2) is 0 Å². The van der Waals surface area contributed by atoms with Crippen LogP contribution in [0.4, 0.5) is 0 Å². The standard InChI is InChI=1S/C12H18BrN3O2S/c13-11-3-1-2-4-12(11)19(17,18)15-7-10-16-8-5-14-6-9-16/h1-4,14-15H,5-10H2. The summed E-state index contributed by atoms with van der Waals surface area (Å²) in [5.41, 5.74) is 0. The maximum Gasteiger partial charge on any atom is 0.241 e. The second-order valence-electron chi connectivity index (χ2n) is 4.42. The van der Waals surface area contributed by atoms with Gasteiger partial charge in [-0.1, -0.05) is 12.1 Å². The van der Waals surface area contributed by atoms with Crippen LogP contribution in [0, 0.1) is 0 Å². The Bertz CT molecular complexity index is 515. The van der Waals surface area contributed by atoms with Crippen molar-refractivity contribution < 1.29 is 8.42 Å². The maximum absolute atomic E-state index is 12.1. The molecule has 106 valence electrons. The van der Waals surface area contributed by atoms with Crippen LogP contribution in [-0.2, 0) is 10.0 Å². The van der Waals surface area contributed by atoms with Crippen molar-refractivity contribution >= 4 is 26.0 Å². The minimum Gasteiger partial charge on any atom is -0.314 e. The third-order valence-electron chi connectivity index (χ3n) is 3.06. The first kappa shape index (κ1) is 14.9. The highest BCUT2D eigenvalue weighted by Gasteiger charge is 2.17. The minimum atomic E-state index is -3.43. The Kier molecular flexibility index (Phi) is 5.35. The molecule has 19 heavy (non-hydrogen) atoms. The van der Waals surface area contributed by atoms with Crippen molar-refractivity contribution in [1.82, 2.24) is 14.9 Å². The molecule has 1 aliphatic rings. The molecule has 1 fully saturated rings. The predicted octanol–water partition coefficient (Wildman–Crippen LogP) is 0.633. The van der Waals surface area contributed by atoms with Gasteiger partial charge in [-0.25, -0.2) is 13.1 Å². The third-order valence-corrected chi connectivity index (χ3v) is 5.53. The largest absolute Gasteiger partial charge is 0.314 e. The Hall–Kier alpha value is -0.470. The van der Waals surface area contributed by atoms with Crippen molar-refractivity contribution in [2.24, 2.45) is 0 Å². The van der Waals surface area contributed by atoms with Gasteiger partial charge >= 0.3 is 0 Å². The van der Waals surface area contributed by atoms with Crippen LogP contribution in [0.1, 0.15) is 0 Å². The molecule has 1 saturated heterocycles. The number of nitrogens with zero attached hydrogens (tertiary/aromatic N) is 1. The molecule has 0 amide bonds. The number of hydrogen-bond donors (Lipinski definition) is 2. The molecule has 2 rings (SSSR count). The highest BCUT2D eigenvalue weighted by atomic mass is 79.9. The van der Waals surface area contributed by atoms with Gasteiger partial charge in [0.1, 0.15) is 0 Å². The van der Waals surface area contributed by atoms with Crippen LogP contribution in [0.5, 0.6) is 0 Å². The number of nitrogens with one attached hydrogen (secondary N) is 2. The van der Waals surface area contributed by atoms with E-state index < -0.39 is 10.0 Å². The smallest absolute Gasteiger partial charge is 0.241 e. The molecule has 7 heteroatoms. The quantitative estimate of drug-likeness (QED) is 0.820. The Morgan fingerprint density at radius 2 is 1.95 bits per heavy atom. The minimum absolute atomic E-state index is 0.287. The lowest BCUT2D eigenvalue weighted by Gasteiger charge is -2.27. The third kappa shape index (κ3) is 4.25. The average Bonchev–Trinajstić information content (AvgIpc) is 2.40. The summed E-state index contributed by atoms with van der Waals surface area (Å²) < 4.78 is 27.5. The number of rotatable bonds is 5. The van der Waals surface area contributed by atoms with Crippen molar-refractivity contribution in [1.29, 1.82) is 0 Å². The highest BCUT2D eigenvalue weighted by Crippen LogP contribution is 2.20. The molecule has 0 bridgehead atoms. The molecule has 1 aromatic carbocycles. The molecule has 0 unspecified atom stereocenters. The lowest BCUT2D eigenvalue weighted by Crippen LogP contribution is -2.46. The summed E-state index contributed by atoms with van der Waals surface area (Å²) in [4.78, 5) is 2.54. The summed E-state index contributed by atoms with van der Waals surface area (Å²) in [6.07, 6.45) is 0. The van der Waals surface area contributed by atoms with Crippen LogP contribution in [-0.4, -0.2) is 52.6 Å². The zero-order valence-corrected chi connectivity index (χ0v) is 13.0.